The average Bonchev–Trinajstić information content (AvgIpc) is 2.87. The smallest absolute Gasteiger partial charge is 0.134 e. The fourth-order valence-corrected chi connectivity index (χ4v) is 3.41. The number of hydrogen-bond donors (Lipinski definition) is 2. The Balaban J connectivity index is 2.00. The van der Waals surface area contributed by atoms with Crippen molar-refractivity contribution in [1.82, 2.24) is 14.5 Å². The summed E-state index contributed by atoms with van der Waals surface area (Å²) in [5.74, 6) is 0. The average molecular weight is 284 g/mol. The molecule has 2 rings (SSSR count). The van der Waals surface area contributed by atoms with E-state index >= 15 is 0 Å². The van der Waals surface area contributed by atoms with E-state index in [1.807, 2.05) is 0 Å². The third-order valence-corrected chi connectivity index (χ3v) is 4.45. The maximum atomic E-state index is 9.28. The molecule has 0 amide bonds. The summed E-state index contributed by atoms with van der Waals surface area (Å²) in [4.78, 5) is 2.37. The number of hydrogen-bond acceptors (Lipinski definition) is 6. The third kappa shape index (κ3) is 4.12. The van der Waals surface area contributed by atoms with Crippen molar-refractivity contribution in [2.24, 2.45) is 0 Å². The predicted molar refractivity (Wildman–Crippen MR) is 78.4 cm³/mol. The molecule has 1 aromatic heterocycles. The van der Waals surface area contributed by atoms with Gasteiger partial charge in [-0.05, 0) is 19.8 Å². The molecule has 19 heavy (non-hydrogen) atoms. The Kier molecular flexibility index (Phi) is 6.00. The van der Waals surface area contributed by atoms with Gasteiger partial charge in [0.25, 0.3) is 0 Å². The zero-order chi connectivity index (χ0) is 13.5. The van der Waals surface area contributed by atoms with Gasteiger partial charge in [0.1, 0.15) is 10.7 Å². The lowest BCUT2D eigenvalue weighted by atomic mass is 9.94. The highest BCUT2D eigenvalue weighted by Gasteiger charge is 2.22. The molecule has 1 fully saturated rings. The Morgan fingerprint density at radius 2 is 2.16 bits per heavy atom. The van der Waals surface area contributed by atoms with Gasteiger partial charge in [-0.15, -0.1) is 5.10 Å². The summed E-state index contributed by atoms with van der Waals surface area (Å²) in [6.45, 7) is 4.71. The van der Waals surface area contributed by atoms with Crippen LogP contribution >= 0.6 is 11.5 Å². The maximum absolute atomic E-state index is 9.28. The number of aromatic nitrogens is 2. The second-order valence-corrected chi connectivity index (χ2v) is 5.82. The van der Waals surface area contributed by atoms with Crippen LogP contribution in [-0.4, -0.2) is 45.3 Å². The van der Waals surface area contributed by atoms with E-state index in [9.17, 15) is 5.11 Å². The van der Waals surface area contributed by atoms with Crippen LogP contribution in [0.15, 0.2) is 0 Å². The van der Waals surface area contributed by atoms with E-state index in [4.69, 9.17) is 0 Å². The fraction of sp³-hybridized carbons (Fsp3) is 0.846. The first-order valence-electron chi connectivity index (χ1n) is 7.25. The summed E-state index contributed by atoms with van der Waals surface area (Å²) in [6.07, 6.45) is 6.45. The van der Waals surface area contributed by atoms with E-state index in [-0.39, 0.29) is 6.61 Å². The molecule has 0 spiro atoms. The van der Waals surface area contributed by atoms with E-state index in [0.29, 0.717) is 6.04 Å². The maximum Gasteiger partial charge on any atom is 0.134 e. The third-order valence-electron chi connectivity index (χ3n) is 3.72. The first-order chi connectivity index (χ1) is 9.35. The van der Waals surface area contributed by atoms with Gasteiger partial charge in [-0.2, -0.15) is 0 Å². The second-order valence-electron chi connectivity index (χ2n) is 5.07. The minimum Gasteiger partial charge on any atom is -0.395 e. The van der Waals surface area contributed by atoms with Gasteiger partial charge in [0.05, 0.1) is 6.61 Å². The fourth-order valence-electron chi connectivity index (χ4n) is 2.76. The molecule has 0 atom stereocenters. The van der Waals surface area contributed by atoms with Crippen molar-refractivity contribution >= 4 is 16.5 Å². The summed E-state index contributed by atoms with van der Waals surface area (Å²) >= 11 is 1.42. The lowest BCUT2D eigenvalue weighted by Crippen LogP contribution is -2.38. The molecule has 5 nitrogen and oxygen atoms in total. The molecular weight excluding hydrogens is 260 g/mol. The first-order valence-corrected chi connectivity index (χ1v) is 8.02. The van der Waals surface area contributed by atoms with Crippen LogP contribution in [0, 0.1) is 0 Å². The van der Waals surface area contributed by atoms with E-state index in [2.05, 4.69) is 26.7 Å². The molecule has 1 aliphatic rings. The molecular formula is C13H24N4OS. The van der Waals surface area contributed by atoms with Gasteiger partial charge in [0, 0.05) is 37.2 Å². The van der Waals surface area contributed by atoms with Crippen LogP contribution in [0.4, 0.5) is 5.00 Å². The molecule has 0 bridgehead atoms. The lowest BCUT2D eigenvalue weighted by Gasteiger charge is -2.33. The molecule has 1 aromatic rings. The largest absolute Gasteiger partial charge is 0.395 e. The molecule has 6 heteroatoms. The van der Waals surface area contributed by atoms with Crippen LogP contribution in [0.2, 0.25) is 0 Å². The number of aliphatic hydroxyl groups excluding tert-OH is 1. The Hall–Kier alpha value is -0.720. The summed E-state index contributed by atoms with van der Waals surface area (Å²) in [7, 11) is 0. The van der Waals surface area contributed by atoms with Gasteiger partial charge in [0.2, 0.25) is 0 Å². The predicted octanol–water partition coefficient (Wildman–Crippen LogP) is 2.10. The summed E-state index contributed by atoms with van der Waals surface area (Å²) in [5, 5.41) is 17.9. The van der Waals surface area contributed by atoms with Crippen LogP contribution in [0.1, 0.15) is 44.7 Å². The Bertz CT molecular complexity index is 365. The quantitative estimate of drug-likeness (QED) is 0.803. The van der Waals surface area contributed by atoms with Gasteiger partial charge >= 0.3 is 0 Å². The molecule has 0 aromatic carbocycles. The van der Waals surface area contributed by atoms with Crippen LogP contribution in [0.3, 0.4) is 0 Å². The monoisotopic (exact) mass is 284 g/mol. The number of anilines is 1. The van der Waals surface area contributed by atoms with Crippen LogP contribution in [-0.2, 0) is 6.54 Å². The second kappa shape index (κ2) is 7.77. The van der Waals surface area contributed by atoms with Crippen LogP contribution in [0.25, 0.3) is 0 Å². The van der Waals surface area contributed by atoms with Crippen molar-refractivity contribution in [3.63, 3.8) is 0 Å². The number of nitrogens with one attached hydrogen (secondary N) is 1. The number of aliphatic hydroxyl groups is 1. The van der Waals surface area contributed by atoms with Crippen LogP contribution < -0.4 is 5.32 Å². The molecule has 1 saturated carbocycles. The summed E-state index contributed by atoms with van der Waals surface area (Å²) in [5.41, 5.74) is 1.02. The molecule has 0 radical (unpaired) electrons. The highest BCUT2D eigenvalue weighted by molar-refractivity contribution is 7.10. The highest BCUT2D eigenvalue weighted by atomic mass is 32.1. The Labute approximate surface area is 119 Å². The molecule has 1 aliphatic carbocycles. The van der Waals surface area contributed by atoms with Crippen LogP contribution in [0.5, 0.6) is 0 Å². The molecule has 0 saturated heterocycles. The molecule has 0 unspecified atom stereocenters. The minimum atomic E-state index is 0.213. The van der Waals surface area contributed by atoms with Crippen molar-refractivity contribution in [2.45, 2.75) is 51.6 Å². The molecule has 1 heterocycles. The van der Waals surface area contributed by atoms with Gasteiger partial charge in [-0.25, -0.2) is 0 Å². The van der Waals surface area contributed by atoms with Crippen molar-refractivity contribution < 1.29 is 5.11 Å². The molecule has 0 aliphatic heterocycles. The topological polar surface area (TPSA) is 61.3 Å². The van der Waals surface area contributed by atoms with Gasteiger partial charge in [-0.3, -0.25) is 4.90 Å². The van der Waals surface area contributed by atoms with Gasteiger partial charge in [-0.1, -0.05) is 23.8 Å². The highest BCUT2D eigenvalue weighted by Crippen LogP contribution is 2.26. The summed E-state index contributed by atoms with van der Waals surface area (Å²) in [6, 6.07) is 0.595. The molecule has 2 N–H and O–H groups in total. The number of nitrogens with zero attached hydrogens (tertiary/aromatic N) is 3. The van der Waals surface area contributed by atoms with Crippen molar-refractivity contribution in [2.75, 3.05) is 25.0 Å². The van der Waals surface area contributed by atoms with Crippen molar-refractivity contribution in [3.8, 4) is 0 Å². The van der Waals surface area contributed by atoms with E-state index in [1.165, 1.54) is 43.6 Å². The first kappa shape index (κ1) is 14.7. The van der Waals surface area contributed by atoms with Gasteiger partial charge < -0.3 is 10.4 Å². The standard InChI is InChI=1S/C13H24N4OS/c1-2-14-13-12(15-16-19-13)10-17(8-9-18)11-6-4-3-5-7-11/h11,14,18H,2-10H2,1H3. The molecule has 108 valence electrons. The van der Waals surface area contributed by atoms with E-state index in [1.54, 1.807) is 0 Å². The SMILES string of the molecule is CCNc1snnc1CN(CCO)C1CCCCC1. The van der Waals surface area contributed by atoms with Crippen molar-refractivity contribution in [1.29, 1.82) is 0 Å². The van der Waals surface area contributed by atoms with E-state index in [0.717, 1.165) is 30.3 Å². The minimum absolute atomic E-state index is 0.213. The Morgan fingerprint density at radius 1 is 1.37 bits per heavy atom. The van der Waals surface area contributed by atoms with Gasteiger partial charge in [0.15, 0.2) is 0 Å². The summed E-state index contributed by atoms with van der Waals surface area (Å²) < 4.78 is 4.04. The number of rotatable bonds is 7. The Morgan fingerprint density at radius 3 is 2.84 bits per heavy atom. The van der Waals surface area contributed by atoms with Crippen molar-refractivity contribution in [3.05, 3.63) is 5.69 Å². The zero-order valence-corrected chi connectivity index (χ0v) is 12.5. The van der Waals surface area contributed by atoms with E-state index < -0.39 is 0 Å². The zero-order valence-electron chi connectivity index (χ0n) is 11.6. The lowest BCUT2D eigenvalue weighted by molar-refractivity contribution is 0.116. The normalized spacial score (nSPS) is 17.0.